The summed E-state index contributed by atoms with van der Waals surface area (Å²) in [5, 5.41) is 3.03. The van der Waals surface area contributed by atoms with E-state index in [2.05, 4.69) is 27.9 Å². The van der Waals surface area contributed by atoms with E-state index in [4.69, 9.17) is 4.74 Å². The van der Waals surface area contributed by atoms with E-state index >= 15 is 0 Å². The number of rotatable bonds is 8. The van der Waals surface area contributed by atoms with Gasteiger partial charge in [0.1, 0.15) is 17.6 Å². The van der Waals surface area contributed by atoms with Crippen molar-refractivity contribution in [2.75, 3.05) is 6.61 Å². The van der Waals surface area contributed by atoms with Crippen LogP contribution in [0.1, 0.15) is 38.2 Å². The molecule has 5 nitrogen and oxygen atoms in total. The fraction of sp³-hybridized carbons (Fsp3) is 0.391. The van der Waals surface area contributed by atoms with Crippen molar-refractivity contribution in [1.29, 1.82) is 0 Å². The number of nitrogens with one attached hydrogen (secondary N) is 1. The zero-order chi connectivity index (χ0) is 21.5. The molecule has 3 rings (SSSR count). The largest absolute Gasteiger partial charge is 0.484 e. The van der Waals surface area contributed by atoms with E-state index in [0.717, 1.165) is 29.3 Å². The van der Waals surface area contributed by atoms with Crippen LogP contribution in [0, 0.1) is 9.39 Å². The SMILES string of the molecule is C[C@H](C(=O)NC1CCCC1)N(Cc1ccccc1F)C(=O)COc1ccc(I)cc1. The lowest BCUT2D eigenvalue weighted by molar-refractivity contribution is -0.142. The van der Waals surface area contributed by atoms with E-state index < -0.39 is 11.9 Å². The molecule has 2 amide bonds. The summed E-state index contributed by atoms with van der Waals surface area (Å²) in [6.45, 7) is 1.45. The summed E-state index contributed by atoms with van der Waals surface area (Å²) in [5.74, 6) is -0.429. The van der Waals surface area contributed by atoms with Gasteiger partial charge in [0.2, 0.25) is 5.91 Å². The van der Waals surface area contributed by atoms with Crippen LogP contribution in [0.5, 0.6) is 5.75 Å². The molecule has 1 saturated carbocycles. The van der Waals surface area contributed by atoms with Gasteiger partial charge in [0.15, 0.2) is 6.61 Å². The molecular formula is C23H26FIN2O3. The van der Waals surface area contributed by atoms with Gasteiger partial charge in [0, 0.05) is 21.7 Å². The van der Waals surface area contributed by atoms with E-state index in [9.17, 15) is 14.0 Å². The molecule has 0 spiro atoms. The molecule has 0 radical (unpaired) electrons. The molecular weight excluding hydrogens is 498 g/mol. The van der Waals surface area contributed by atoms with Crippen LogP contribution in [-0.2, 0) is 16.1 Å². The predicted molar refractivity (Wildman–Crippen MR) is 121 cm³/mol. The number of halogens is 2. The molecule has 0 aromatic heterocycles. The number of hydrogen-bond donors (Lipinski definition) is 1. The van der Waals surface area contributed by atoms with Crippen LogP contribution in [0.15, 0.2) is 48.5 Å². The Balaban J connectivity index is 1.71. The summed E-state index contributed by atoms with van der Waals surface area (Å²) < 4.78 is 20.9. The van der Waals surface area contributed by atoms with E-state index in [1.807, 2.05) is 12.1 Å². The number of amides is 2. The topological polar surface area (TPSA) is 58.6 Å². The molecule has 1 fully saturated rings. The van der Waals surface area contributed by atoms with Gasteiger partial charge in [-0.2, -0.15) is 0 Å². The summed E-state index contributed by atoms with van der Waals surface area (Å²) in [6, 6.07) is 13.0. The zero-order valence-electron chi connectivity index (χ0n) is 16.9. The Morgan fingerprint density at radius 1 is 1.17 bits per heavy atom. The van der Waals surface area contributed by atoms with E-state index in [1.54, 1.807) is 37.3 Å². The number of carbonyl (C=O) groups is 2. The Kier molecular flexibility index (Phi) is 8.07. The Morgan fingerprint density at radius 3 is 2.50 bits per heavy atom. The van der Waals surface area contributed by atoms with Gasteiger partial charge in [-0.3, -0.25) is 9.59 Å². The number of benzene rings is 2. The number of carbonyl (C=O) groups excluding carboxylic acids is 2. The first-order valence-electron chi connectivity index (χ1n) is 10.2. The second-order valence-electron chi connectivity index (χ2n) is 7.52. The Bertz CT molecular complexity index is 869. The molecule has 7 heteroatoms. The van der Waals surface area contributed by atoms with Crippen molar-refractivity contribution in [2.24, 2.45) is 0 Å². The second kappa shape index (κ2) is 10.7. The van der Waals surface area contributed by atoms with Gasteiger partial charge in [0.25, 0.3) is 5.91 Å². The maximum Gasteiger partial charge on any atom is 0.261 e. The smallest absolute Gasteiger partial charge is 0.261 e. The quantitative estimate of drug-likeness (QED) is 0.525. The third kappa shape index (κ3) is 6.17. The van der Waals surface area contributed by atoms with Crippen molar-refractivity contribution in [2.45, 2.75) is 51.2 Å². The molecule has 1 atom stereocenters. The molecule has 0 unspecified atom stereocenters. The van der Waals surface area contributed by atoms with Crippen LogP contribution in [0.4, 0.5) is 4.39 Å². The van der Waals surface area contributed by atoms with Crippen LogP contribution in [0.25, 0.3) is 0 Å². The zero-order valence-corrected chi connectivity index (χ0v) is 19.1. The van der Waals surface area contributed by atoms with Crippen molar-refractivity contribution < 1.29 is 18.7 Å². The van der Waals surface area contributed by atoms with Crippen molar-refractivity contribution in [3.8, 4) is 5.75 Å². The lowest BCUT2D eigenvalue weighted by atomic mass is 10.1. The number of hydrogen-bond acceptors (Lipinski definition) is 3. The summed E-state index contributed by atoms with van der Waals surface area (Å²) in [5.41, 5.74) is 0.362. The van der Waals surface area contributed by atoms with E-state index in [0.29, 0.717) is 11.3 Å². The van der Waals surface area contributed by atoms with Crippen LogP contribution in [-0.4, -0.2) is 35.4 Å². The molecule has 160 valence electrons. The lowest BCUT2D eigenvalue weighted by Crippen LogP contribution is -2.50. The van der Waals surface area contributed by atoms with Crippen molar-refractivity contribution in [3.05, 3.63) is 63.5 Å². The Labute approximate surface area is 190 Å². The highest BCUT2D eigenvalue weighted by molar-refractivity contribution is 14.1. The van der Waals surface area contributed by atoms with Gasteiger partial charge in [-0.1, -0.05) is 31.0 Å². The molecule has 1 aliphatic rings. The maximum absolute atomic E-state index is 14.2. The second-order valence-corrected chi connectivity index (χ2v) is 8.77. The third-order valence-corrected chi connectivity index (χ3v) is 6.06. The molecule has 1 N–H and O–H groups in total. The highest BCUT2D eigenvalue weighted by Gasteiger charge is 2.29. The van der Waals surface area contributed by atoms with Gasteiger partial charge in [0.05, 0.1) is 0 Å². The average molecular weight is 524 g/mol. The molecule has 30 heavy (non-hydrogen) atoms. The summed E-state index contributed by atoms with van der Waals surface area (Å²) in [4.78, 5) is 27.2. The highest BCUT2D eigenvalue weighted by atomic mass is 127. The summed E-state index contributed by atoms with van der Waals surface area (Å²) in [6.07, 6.45) is 4.10. The van der Waals surface area contributed by atoms with Gasteiger partial charge < -0.3 is 15.0 Å². The summed E-state index contributed by atoms with van der Waals surface area (Å²) >= 11 is 2.19. The molecule has 2 aromatic rings. The Hall–Kier alpha value is -2.16. The monoisotopic (exact) mass is 524 g/mol. The van der Waals surface area contributed by atoms with Crippen molar-refractivity contribution >= 4 is 34.4 Å². The van der Waals surface area contributed by atoms with Crippen molar-refractivity contribution in [1.82, 2.24) is 10.2 Å². The highest BCUT2D eigenvalue weighted by Crippen LogP contribution is 2.19. The number of ether oxygens (including phenoxy) is 1. The predicted octanol–water partition coefficient (Wildman–Crippen LogP) is 4.29. The van der Waals surface area contributed by atoms with Gasteiger partial charge in [-0.05, 0) is 72.7 Å². The first kappa shape index (κ1) is 22.5. The molecule has 0 aliphatic heterocycles. The van der Waals surface area contributed by atoms with Crippen LogP contribution in [0.2, 0.25) is 0 Å². The molecule has 0 saturated heterocycles. The minimum absolute atomic E-state index is 0.000802. The van der Waals surface area contributed by atoms with Gasteiger partial charge >= 0.3 is 0 Å². The molecule has 0 heterocycles. The normalized spacial score (nSPS) is 14.9. The first-order chi connectivity index (χ1) is 14.4. The third-order valence-electron chi connectivity index (χ3n) is 5.34. The molecule has 0 bridgehead atoms. The summed E-state index contributed by atoms with van der Waals surface area (Å²) in [7, 11) is 0. The Morgan fingerprint density at radius 2 is 1.83 bits per heavy atom. The molecule has 1 aliphatic carbocycles. The first-order valence-corrected chi connectivity index (χ1v) is 11.2. The van der Waals surface area contributed by atoms with E-state index in [1.165, 1.54) is 11.0 Å². The molecule has 2 aromatic carbocycles. The average Bonchev–Trinajstić information content (AvgIpc) is 3.25. The van der Waals surface area contributed by atoms with E-state index in [-0.39, 0.29) is 31.0 Å². The standard InChI is InChI=1S/C23H26FIN2O3/c1-16(23(29)26-19-7-3-4-8-19)27(14-17-6-2-5-9-21(17)24)22(28)15-30-20-12-10-18(25)11-13-20/h2,5-6,9-13,16,19H,3-4,7-8,14-15H2,1H3,(H,26,29)/t16-/m1/s1. The minimum atomic E-state index is -0.738. The minimum Gasteiger partial charge on any atom is -0.484 e. The fourth-order valence-electron chi connectivity index (χ4n) is 3.54. The van der Waals surface area contributed by atoms with Gasteiger partial charge in [-0.25, -0.2) is 4.39 Å². The number of nitrogens with zero attached hydrogens (tertiary/aromatic N) is 1. The fourth-order valence-corrected chi connectivity index (χ4v) is 3.90. The van der Waals surface area contributed by atoms with Crippen LogP contribution < -0.4 is 10.1 Å². The van der Waals surface area contributed by atoms with Gasteiger partial charge in [-0.15, -0.1) is 0 Å². The van der Waals surface area contributed by atoms with Crippen LogP contribution in [0.3, 0.4) is 0 Å². The van der Waals surface area contributed by atoms with Crippen molar-refractivity contribution in [3.63, 3.8) is 0 Å². The lowest BCUT2D eigenvalue weighted by Gasteiger charge is -2.29. The maximum atomic E-state index is 14.2. The van der Waals surface area contributed by atoms with Crippen LogP contribution >= 0.6 is 22.6 Å².